The fourth-order valence-corrected chi connectivity index (χ4v) is 11.0. The summed E-state index contributed by atoms with van der Waals surface area (Å²) in [6, 6.07) is 23.9. The zero-order chi connectivity index (χ0) is 30.8. The first-order valence-electron chi connectivity index (χ1n) is 14.9. The Balaban J connectivity index is 1.11. The number of methoxy groups -OCH3 is 1. The first-order chi connectivity index (χ1) is 21.9. The van der Waals surface area contributed by atoms with Gasteiger partial charge in [0, 0.05) is 27.3 Å². The van der Waals surface area contributed by atoms with Crippen molar-refractivity contribution in [3.63, 3.8) is 0 Å². The predicted octanol–water partition coefficient (Wildman–Crippen LogP) is 5.14. The average Bonchev–Trinajstić information content (AvgIpc) is 3.79. The summed E-state index contributed by atoms with van der Waals surface area (Å²) >= 11 is 2.84. The number of amides is 3. The van der Waals surface area contributed by atoms with Gasteiger partial charge in [-0.1, -0.05) is 47.7 Å². The number of anilines is 2. The number of nitrogens with zero attached hydrogens (tertiary/aromatic N) is 1. The molecule has 2 saturated carbocycles. The Labute approximate surface area is 266 Å². The molecule has 3 amide bonds. The topological polar surface area (TPSA) is 118 Å². The number of ether oxygens (including phenoxy) is 2. The van der Waals surface area contributed by atoms with Gasteiger partial charge in [0.15, 0.2) is 6.61 Å². The maximum atomic E-state index is 14.0. The Bertz CT molecular complexity index is 1870. The third-order valence-corrected chi connectivity index (χ3v) is 12.3. The van der Waals surface area contributed by atoms with Gasteiger partial charge in [0.05, 0.1) is 29.7 Å². The summed E-state index contributed by atoms with van der Waals surface area (Å²) in [6.45, 7) is -0.204. The lowest BCUT2D eigenvalue weighted by Crippen LogP contribution is -2.42. The molecule has 3 aromatic carbocycles. The Kier molecular flexibility index (Phi) is 6.83. The number of H-pyrrole nitrogens is 1. The van der Waals surface area contributed by atoms with Gasteiger partial charge in [-0.2, -0.15) is 0 Å². The number of benzene rings is 3. The zero-order valence-electron chi connectivity index (χ0n) is 24.2. The lowest BCUT2D eigenvalue weighted by Gasteiger charge is -2.43. The largest absolute Gasteiger partial charge is 0.497 e. The summed E-state index contributed by atoms with van der Waals surface area (Å²) < 4.78 is 11.4. The van der Waals surface area contributed by atoms with E-state index in [9.17, 15) is 19.2 Å². The van der Waals surface area contributed by atoms with E-state index in [1.165, 1.54) is 16.2 Å². The predicted molar refractivity (Wildman–Crippen MR) is 171 cm³/mol. The number of nitrogens with one attached hydrogen (secondary N) is 2. The van der Waals surface area contributed by atoms with Gasteiger partial charge in [0.2, 0.25) is 11.8 Å². The molecule has 3 heterocycles. The number of carbonyl (C=O) groups excluding carboxylic acids is 3. The van der Waals surface area contributed by atoms with Crippen LogP contribution in [0.5, 0.6) is 11.5 Å². The molecule has 3 fully saturated rings. The molecule has 4 aliphatic rings. The van der Waals surface area contributed by atoms with Crippen LogP contribution in [0.15, 0.2) is 88.7 Å². The molecule has 1 aromatic heterocycles. The number of aromatic amines is 1. The molecule has 8 rings (SSSR count). The van der Waals surface area contributed by atoms with E-state index < -0.39 is 5.92 Å². The molecule has 228 valence electrons. The van der Waals surface area contributed by atoms with Crippen molar-refractivity contribution < 1.29 is 23.9 Å². The molecule has 4 aromatic rings. The molecule has 0 spiro atoms. The van der Waals surface area contributed by atoms with Crippen LogP contribution in [0, 0.1) is 29.6 Å². The van der Waals surface area contributed by atoms with E-state index in [2.05, 4.69) is 10.3 Å². The van der Waals surface area contributed by atoms with Gasteiger partial charge in [-0.05, 0) is 66.6 Å². The minimum absolute atomic E-state index is 0.0163. The number of rotatable bonds is 7. The quantitative estimate of drug-likeness (QED) is 0.269. The number of hydrogen-bond donors (Lipinski definition) is 2. The Morgan fingerprint density at radius 3 is 2.40 bits per heavy atom. The molecule has 7 atom stereocenters. The molecule has 0 radical (unpaired) electrons. The van der Waals surface area contributed by atoms with Crippen LogP contribution < -0.4 is 24.6 Å². The first kappa shape index (κ1) is 28.1. The van der Waals surface area contributed by atoms with Gasteiger partial charge < -0.3 is 19.8 Å². The Morgan fingerprint density at radius 2 is 1.64 bits per heavy atom. The van der Waals surface area contributed by atoms with Crippen molar-refractivity contribution in [2.24, 2.45) is 29.6 Å². The molecule has 11 heteroatoms. The highest BCUT2D eigenvalue weighted by molar-refractivity contribution is 8.00. The van der Waals surface area contributed by atoms with E-state index in [1.807, 2.05) is 54.6 Å². The van der Waals surface area contributed by atoms with E-state index >= 15 is 0 Å². The second-order valence-corrected chi connectivity index (χ2v) is 14.1. The van der Waals surface area contributed by atoms with Crippen molar-refractivity contribution in [2.75, 3.05) is 23.9 Å². The van der Waals surface area contributed by atoms with E-state index in [4.69, 9.17) is 9.47 Å². The average molecular weight is 640 g/mol. The molecular weight excluding hydrogens is 611 g/mol. The van der Waals surface area contributed by atoms with Crippen LogP contribution in [0.4, 0.5) is 11.4 Å². The second kappa shape index (κ2) is 10.9. The van der Waals surface area contributed by atoms with Gasteiger partial charge in [-0.3, -0.25) is 24.1 Å². The highest BCUT2D eigenvalue weighted by Gasteiger charge is 2.69. The maximum Gasteiger partial charge on any atom is 0.305 e. The Morgan fingerprint density at radius 1 is 0.933 bits per heavy atom. The molecule has 1 saturated heterocycles. The van der Waals surface area contributed by atoms with E-state index in [0.717, 1.165) is 21.9 Å². The van der Waals surface area contributed by atoms with Gasteiger partial charge in [0.25, 0.3) is 5.91 Å². The first-order valence-corrected chi connectivity index (χ1v) is 16.6. The number of para-hydroxylation sites is 2. The lowest BCUT2D eigenvalue weighted by atomic mass is 9.68. The number of carbonyl (C=O) groups is 3. The van der Waals surface area contributed by atoms with Gasteiger partial charge in [-0.25, -0.2) is 0 Å². The van der Waals surface area contributed by atoms with Crippen LogP contribution in [0.2, 0.25) is 0 Å². The molecule has 45 heavy (non-hydrogen) atoms. The summed E-state index contributed by atoms with van der Waals surface area (Å²) in [4.78, 5) is 58.5. The smallest absolute Gasteiger partial charge is 0.305 e. The van der Waals surface area contributed by atoms with E-state index in [1.54, 1.807) is 43.1 Å². The van der Waals surface area contributed by atoms with Crippen LogP contribution in [-0.4, -0.2) is 41.7 Å². The van der Waals surface area contributed by atoms with Gasteiger partial charge in [-0.15, -0.1) is 11.8 Å². The number of hydrogen-bond acceptors (Lipinski definition) is 8. The Hall–Kier alpha value is -4.35. The van der Waals surface area contributed by atoms with Gasteiger partial charge in [0.1, 0.15) is 11.5 Å². The number of thiazole rings is 1. The van der Waals surface area contributed by atoms with Crippen molar-refractivity contribution >= 4 is 52.2 Å². The van der Waals surface area contributed by atoms with Crippen molar-refractivity contribution in [3.8, 4) is 11.5 Å². The molecule has 9 nitrogen and oxygen atoms in total. The third-order valence-electron chi connectivity index (χ3n) is 9.72. The molecular formula is C34H29N3O6S2. The standard InChI is InChI=1S/C34H29N3O6S2/c1-42-19-13-11-17(12-14-19)35-24(38)16-43-23-10-6-5-9-20(23)25-26-21-15-22(29(26)44-31-30(25)45-34(41)36-31)28-27(21)32(39)37(33(28)40)18-7-3-2-4-8-18/h2-14,21-22,25-29H,15-16H2,1H3,(H,35,38)(H,36,41)/t21?,22?,25-,26?,27?,28?,29?/m1/s1. The summed E-state index contributed by atoms with van der Waals surface area (Å²) in [5, 5.41) is 3.73. The number of thioether (sulfide) groups is 1. The monoisotopic (exact) mass is 639 g/mol. The van der Waals surface area contributed by atoms with Crippen LogP contribution in [-0.2, 0) is 14.4 Å². The molecule has 2 aliphatic carbocycles. The second-order valence-electron chi connectivity index (χ2n) is 11.9. The summed E-state index contributed by atoms with van der Waals surface area (Å²) in [5.41, 5.74) is 2.12. The highest BCUT2D eigenvalue weighted by Crippen LogP contribution is 2.69. The lowest BCUT2D eigenvalue weighted by molar-refractivity contribution is -0.123. The molecule has 2 N–H and O–H groups in total. The van der Waals surface area contributed by atoms with Crippen LogP contribution in [0.1, 0.15) is 22.8 Å². The van der Waals surface area contributed by atoms with Crippen LogP contribution in [0.3, 0.4) is 0 Å². The van der Waals surface area contributed by atoms with E-state index in [-0.39, 0.29) is 64.0 Å². The van der Waals surface area contributed by atoms with Crippen molar-refractivity contribution in [3.05, 3.63) is 99.0 Å². The minimum Gasteiger partial charge on any atom is -0.497 e. The van der Waals surface area contributed by atoms with Gasteiger partial charge >= 0.3 is 4.87 Å². The van der Waals surface area contributed by atoms with Crippen molar-refractivity contribution in [1.29, 1.82) is 0 Å². The van der Waals surface area contributed by atoms with Crippen molar-refractivity contribution in [1.82, 2.24) is 4.98 Å². The minimum atomic E-state index is -0.396. The van der Waals surface area contributed by atoms with Crippen molar-refractivity contribution in [2.45, 2.75) is 22.6 Å². The SMILES string of the molecule is COc1ccc(NC(=O)COc2ccccc2[C@H]2c3sc(=O)[nH]c3SC3C4CC(C5C(=O)N(c6ccccc6)C(=O)C45)C32)cc1. The normalized spacial score (nSPS) is 27.6. The zero-order valence-corrected chi connectivity index (χ0v) is 25.8. The highest BCUT2D eigenvalue weighted by atomic mass is 32.2. The number of aromatic nitrogens is 1. The number of imide groups is 1. The fraction of sp³-hybridized carbons (Fsp3) is 0.294. The van der Waals surface area contributed by atoms with Crippen LogP contribution >= 0.6 is 23.1 Å². The molecule has 6 unspecified atom stereocenters. The third kappa shape index (κ3) is 4.51. The number of fused-ring (bicyclic) bond motifs is 9. The summed E-state index contributed by atoms with van der Waals surface area (Å²) in [7, 11) is 1.58. The maximum absolute atomic E-state index is 14.0. The molecule has 2 aliphatic heterocycles. The fourth-order valence-electron chi connectivity index (χ4n) is 8.08. The van der Waals surface area contributed by atoms with Crippen LogP contribution in [0.25, 0.3) is 0 Å². The van der Waals surface area contributed by atoms with E-state index in [0.29, 0.717) is 22.9 Å². The summed E-state index contributed by atoms with van der Waals surface area (Å²) in [5.74, 6) is -0.268. The molecule has 2 bridgehead atoms. The summed E-state index contributed by atoms with van der Waals surface area (Å²) in [6.07, 6.45) is 0.792.